The van der Waals surface area contributed by atoms with E-state index in [-0.39, 0.29) is 0 Å². The van der Waals surface area contributed by atoms with E-state index in [1.165, 1.54) is 31.2 Å². The van der Waals surface area contributed by atoms with Crippen molar-refractivity contribution in [1.82, 2.24) is 5.32 Å². The average Bonchev–Trinajstić information content (AvgIpc) is 2.19. The van der Waals surface area contributed by atoms with Gasteiger partial charge in [-0.05, 0) is 56.0 Å². The Balaban J connectivity index is 2.14. The number of nitrogens with two attached hydrogens (primary N) is 1. The molecule has 0 spiro atoms. The minimum Gasteiger partial charge on any atom is -0.399 e. The zero-order valence-corrected chi connectivity index (χ0v) is 9.42. The summed E-state index contributed by atoms with van der Waals surface area (Å²) in [5.41, 5.74) is 8.49. The summed E-state index contributed by atoms with van der Waals surface area (Å²) in [6.45, 7) is 1.10. The number of rotatable bonds is 4. The van der Waals surface area contributed by atoms with Crippen LogP contribution in [0.1, 0.15) is 31.2 Å². The zero-order valence-electron chi connectivity index (χ0n) is 9.42. The standard InChI is InChI=1S/C13H20N2/c1-15-10-9-13(7-2-8-13)11-3-5-12(14)6-4-11/h3-6,15H,2,7-10,14H2,1H3. The summed E-state index contributed by atoms with van der Waals surface area (Å²) >= 11 is 0. The predicted octanol–water partition coefficient (Wildman–Crippen LogP) is 2.30. The van der Waals surface area contributed by atoms with Gasteiger partial charge in [0.05, 0.1) is 0 Å². The van der Waals surface area contributed by atoms with Gasteiger partial charge >= 0.3 is 0 Å². The van der Waals surface area contributed by atoms with E-state index in [0.717, 1.165) is 12.2 Å². The molecule has 1 aliphatic rings. The molecular formula is C13H20N2. The number of hydrogen-bond acceptors (Lipinski definition) is 2. The van der Waals surface area contributed by atoms with Gasteiger partial charge in [0.15, 0.2) is 0 Å². The molecule has 0 amide bonds. The molecule has 1 aromatic rings. The lowest BCUT2D eigenvalue weighted by Gasteiger charge is -2.42. The summed E-state index contributed by atoms with van der Waals surface area (Å²) in [4.78, 5) is 0. The van der Waals surface area contributed by atoms with Crippen molar-refractivity contribution in [3.8, 4) is 0 Å². The van der Waals surface area contributed by atoms with Gasteiger partial charge in [-0.15, -0.1) is 0 Å². The first-order valence-electron chi connectivity index (χ1n) is 5.77. The molecule has 1 aliphatic carbocycles. The van der Waals surface area contributed by atoms with E-state index in [9.17, 15) is 0 Å². The largest absolute Gasteiger partial charge is 0.399 e. The molecule has 0 unspecified atom stereocenters. The molecule has 0 bridgehead atoms. The van der Waals surface area contributed by atoms with Gasteiger partial charge in [0.2, 0.25) is 0 Å². The Morgan fingerprint density at radius 2 is 1.93 bits per heavy atom. The molecule has 0 atom stereocenters. The molecule has 82 valence electrons. The number of nitrogen functional groups attached to an aromatic ring is 1. The Bertz CT molecular complexity index is 312. The van der Waals surface area contributed by atoms with E-state index in [4.69, 9.17) is 5.73 Å². The van der Waals surface area contributed by atoms with Crippen molar-refractivity contribution in [2.45, 2.75) is 31.1 Å². The van der Waals surface area contributed by atoms with Crippen LogP contribution in [0, 0.1) is 0 Å². The molecule has 0 aromatic heterocycles. The van der Waals surface area contributed by atoms with E-state index in [1.807, 2.05) is 19.2 Å². The molecule has 2 heteroatoms. The Labute approximate surface area is 91.9 Å². The SMILES string of the molecule is CNCCC1(c2ccc(N)cc2)CCC1. The maximum Gasteiger partial charge on any atom is 0.0314 e. The van der Waals surface area contributed by atoms with Gasteiger partial charge < -0.3 is 11.1 Å². The van der Waals surface area contributed by atoms with Crippen LogP contribution in [0.15, 0.2) is 24.3 Å². The average molecular weight is 204 g/mol. The second-order valence-corrected chi connectivity index (χ2v) is 4.61. The fraction of sp³-hybridized carbons (Fsp3) is 0.538. The molecule has 0 aliphatic heterocycles. The lowest BCUT2D eigenvalue weighted by Crippen LogP contribution is -2.36. The molecule has 0 heterocycles. The minimum absolute atomic E-state index is 0.441. The van der Waals surface area contributed by atoms with E-state index in [2.05, 4.69) is 17.4 Å². The van der Waals surface area contributed by atoms with Gasteiger partial charge in [-0.3, -0.25) is 0 Å². The fourth-order valence-electron chi connectivity index (χ4n) is 2.49. The molecular weight excluding hydrogens is 184 g/mol. The van der Waals surface area contributed by atoms with Gasteiger partial charge in [0.25, 0.3) is 0 Å². The third-order valence-corrected chi connectivity index (χ3v) is 3.69. The van der Waals surface area contributed by atoms with Gasteiger partial charge in [-0.25, -0.2) is 0 Å². The Hall–Kier alpha value is -1.02. The van der Waals surface area contributed by atoms with Crippen molar-refractivity contribution in [1.29, 1.82) is 0 Å². The lowest BCUT2D eigenvalue weighted by molar-refractivity contribution is 0.225. The van der Waals surface area contributed by atoms with Crippen LogP contribution in [0.2, 0.25) is 0 Å². The van der Waals surface area contributed by atoms with Crippen LogP contribution in [-0.4, -0.2) is 13.6 Å². The third-order valence-electron chi connectivity index (χ3n) is 3.69. The highest BCUT2D eigenvalue weighted by Crippen LogP contribution is 2.46. The summed E-state index contributed by atoms with van der Waals surface area (Å²) < 4.78 is 0. The van der Waals surface area contributed by atoms with Gasteiger partial charge in [0, 0.05) is 5.69 Å². The lowest BCUT2D eigenvalue weighted by atomic mass is 9.62. The highest BCUT2D eigenvalue weighted by Gasteiger charge is 2.37. The van der Waals surface area contributed by atoms with Crippen molar-refractivity contribution >= 4 is 5.69 Å². The molecule has 0 radical (unpaired) electrons. The quantitative estimate of drug-likeness (QED) is 0.739. The molecule has 3 N–H and O–H groups in total. The summed E-state index contributed by atoms with van der Waals surface area (Å²) in [7, 11) is 2.02. The van der Waals surface area contributed by atoms with Crippen molar-refractivity contribution in [2.75, 3.05) is 19.3 Å². The van der Waals surface area contributed by atoms with Crippen LogP contribution < -0.4 is 11.1 Å². The first kappa shape index (κ1) is 10.5. The van der Waals surface area contributed by atoms with E-state index >= 15 is 0 Å². The van der Waals surface area contributed by atoms with Crippen molar-refractivity contribution in [3.05, 3.63) is 29.8 Å². The van der Waals surface area contributed by atoms with E-state index < -0.39 is 0 Å². The zero-order chi connectivity index (χ0) is 10.7. The van der Waals surface area contributed by atoms with Crippen molar-refractivity contribution < 1.29 is 0 Å². The molecule has 1 fully saturated rings. The molecule has 1 saturated carbocycles. The predicted molar refractivity (Wildman–Crippen MR) is 64.9 cm³/mol. The Kier molecular flexibility index (Phi) is 2.96. The van der Waals surface area contributed by atoms with Crippen LogP contribution >= 0.6 is 0 Å². The summed E-state index contributed by atoms with van der Waals surface area (Å²) in [6.07, 6.45) is 5.28. The Morgan fingerprint density at radius 1 is 1.27 bits per heavy atom. The summed E-state index contributed by atoms with van der Waals surface area (Å²) in [5.74, 6) is 0. The van der Waals surface area contributed by atoms with Crippen molar-refractivity contribution in [2.24, 2.45) is 0 Å². The normalized spacial score (nSPS) is 18.5. The molecule has 2 nitrogen and oxygen atoms in total. The topological polar surface area (TPSA) is 38.0 Å². The highest BCUT2D eigenvalue weighted by molar-refractivity contribution is 5.42. The van der Waals surface area contributed by atoms with E-state index in [0.29, 0.717) is 5.41 Å². The summed E-state index contributed by atoms with van der Waals surface area (Å²) in [6, 6.07) is 8.44. The number of hydrogen-bond donors (Lipinski definition) is 2. The fourth-order valence-corrected chi connectivity index (χ4v) is 2.49. The number of nitrogens with one attached hydrogen (secondary N) is 1. The Morgan fingerprint density at radius 3 is 2.40 bits per heavy atom. The monoisotopic (exact) mass is 204 g/mol. The third kappa shape index (κ3) is 2.00. The molecule has 0 saturated heterocycles. The van der Waals surface area contributed by atoms with Crippen LogP contribution in [0.3, 0.4) is 0 Å². The molecule has 1 aromatic carbocycles. The number of benzene rings is 1. The maximum atomic E-state index is 5.72. The van der Waals surface area contributed by atoms with Crippen LogP contribution in [0.25, 0.3) is 0 Å². The first-order valence-corrected chi connectivity index (χ1v) is 5.77. The first-order chi connectivity index (χ1) is 7.27. The van der Waals surface area contributed by atoms with Crippen LogP contribution in [-0.2, 0) is 5.41 Å². The highest BCUT2D eigenvalue weighted by atomic mass is 14.8. The van der Waals surface area contributed by atoms with Crippen LogP contribution in [0.5, 0.6) is 0 Å². The smallest absolute Gasteiger partial charge is 0.0314 e. The maximum absolute atomic E-state index is 5.72. The number of anilines is 1. The molecule has 15 heavy (non-hydrogen) atoms. The van der Waals surface area contributed by atoms with E-state index in [1.54, 1.807) is 0 Å². The molecule has 2 rings (SSSR count). The minimum atomic E-state index is 0.441. The van der Waals surface area contributed by atoms with Gasteiger partial charge in [-0.2, -0.15) is 0 Å². The van der Waals surface area contributed by atoms with Gasteiger partial charge in [0.1, 0.15) is 0 Å². The second-order valence-electron chi connectivity index (χ2n) is 4.61. The van der Waals surface area contributed by atoms with Gasteiger partial charge in [-0.1, -0.05) is 18.6 Å². The van der Waals surface area contributed by atoms with Crippen molar-refractivity contribution in [3.63, 3.8) is 0 Å². The van der Waals surface area contributed by atoms with Crippen LogP contribution in [0.4, 0.5) is 5.69 Å². The second kappa shape index (κ2) is 4.23. The summed E-state index contributed by atoms with van der Waals surface area (Å²) in [5, 5.41) is 3.25.